The molecule has 1 saturated heterocycles. The van der Waals surface area contributed by atoms with Crippen molar-refractivity contribution in [2.45, 2.75) is 52.0 Å². The van der Waals surface area contributed by atoms with Crippen molar-refractivity contribution in [1.29, 1.82) is 0 Å². The third kappa shape index (κ3) is 4.34. The van der Waals surface area contributed by atoms with E-state index in [0.717, 1.165) is 18.5 Å². The Morgan fingerprint density at radius 1 is 1.19 bits per heavy atom. The SMILES string of the molecule is CC(C)CCNC(=O)CCC(=O)N1C[C@H]2C[C@@H](C1)c1cccc(=O)n1C2. The third-order valence-electron chi connectivity index (χ3n) is 5.44. The van der Waals surface area contributed by atoms with E-state index in [9.17, 15) is 14.4 Å². The Morgan fingerprint density at radius 2 is 2.00 bits per heavy atom. The molecule has 3 heterocycles. The average molecular weight is 359 g/mol. The number of hydrogen-bond acceptors (Lipinski definition) is 3. The van der Waals surface area contributed by atoms with E-state index in [1.54, 1.807) is 12.1 Å². The quantitative estimate of drug-likeness (QED) is 0.841. The molecule has 2 aliphatic heterocycles. The number of fused-ring (bicyclic) bond motifs is 4. The lowest BCUT2D eigenvalue weighted by atomic mass is 9.83. The number of carbonyl (C=O) groups excluding carboxylic acids is 2. The molecule has 0 aliphatic carbocycles. The number of carbonyl (C=O) groups is 2. The summed E-state index contributed by atoms with van der Waals surface area (Å²) in [5.74, 6) is 1.10. The van der Waals surface area contributed by atoms with Crippen molar-refractivity contribution in [3.63, 3.8) is 0 Å². The van der Waals surface area contributed by atoms with Crippen LogP contribution in [-0.2, 0) is 16.1 Å². The first kappa shape index (κ1) is 18.7. The molecule has 142 valence electrons. The van der Waals surface area contributed by atoms with Gasteiger partial charge in [-0.2, -0.15) is 0 Å². The number of rotatable bonds is 6. The predicted molar refractivity (Wildman–Crippen MR) is 99.8 cm³/mol. The Balaban J connectivity index is 1.53. The molecule has 0 spiro atoms. The zero-order valence-corrected chi connectivity index (χ0v) is 15.7. The van der Waals surface area contributed by atoms with Crippen LogP contribution in [0.2, 0.25) is 0 Å². The summed E-state index contributed by atoms with van der Waals surface area (Å²) in [6.07, 6.45) is 2.49. The van der Waals surface area contributed by atoms with Crippen molar-refractivity contribution < 1.29 is 9.59 Å². The molecule has 2 aliphatic rings. The van der Waals surface area contributed by atoms with Crippen molar-refractivity contribution >= 4 is 11.8 Å². The maximum atomic E-state index is 12.6. The Hall–Kier alpha value is -2.11. The molecular weight excluding hydrogens is 330 g/mol. The smallest absolute Gasteiger partial charge is 0.250 e. The van der Waals surface area contributed by atoms with E-state index in [1.807, 2.05) is 15.5 Å². The van der Waals surface area contributed by atoms with Crippen LogP contribution in [0.15, 0.2) is 23.0 Å². The van der Waals surface area contributed by atoms with Gasteiger partial charge in [0, 0.05) is 56.7 Å². The number of piperidine rings is 1. The van der Waals surface area contributed by atoms with Crippen molar-refractivity contribution in [3.8, 4) is 0 Å². The Morgan fingerprint density at radius 3 is 2.77 bits per heavy atom. The van der Waals surface area contributed by atoms with E-state index in [-0.39, 0.29) is 36.1 Å². The summed E-state index contributed by atoms with van der Waals surface area (Å²) in [6, 6.07) is 5.40. The number of amides is 2. The molecule has 0 unspecified atom stereocenters. The van der Waals surface area contributed by atoms with Gasteiger partial charge in [0.2, 0.25) is 11.8 Å². The normalized spacial score (nSPS) is 21.4. The number of nitrogens with one attached hydrogen (secondary N) is 1. The van der Waals surface area contributed by atoms with Gasteiger partial charge in [-0.15, -0.1) is 0 Å². The minimum absolute atomic E-state index is 0.0467. The largest absolute Gasteiger partial charge is 0.356 e. The second kappa shape index (κ2) is 8.06. The maximum absolute atomic E-state index is 12.6. The van der Waals surface area contributed by atoms with Gasteiger partial charge in [-0.05, 0) is 30.7 Å². The Kier molecular flexibility index (Phi) is 5.79. The first-order chi connectivity index (χ1) is 12.4. The van der Waals surface area contributed by atoms with Gasteiger partial charge in [0.25, 0.3) is 5.56 Å². The predicted octanol–water partition coefficient (Wildman–Crippen LogP) is 1.74. The van der Waals surface area contributed by atoms with Crippen LogP contribution < -0.4 is 10.9 Å². The fourth-order valence-corrected chi connectivity index (χ4v) is 4.07. The van der Waals surface area contributed by atoms with Crippen molar-refractivity contribution in [2.75, 3.05) is 19.6 Å². The molecular formula is C20H29N3O3. The molecule has 1 fully saturated rings. The summed E-state index contributed by atoms with van der Waals surface area (Å²) in [6.45, 7) is 6.93. The molecule has 2 bridgehead atoms. The van der Waals surface area contributed by atoms with Crippen LogP contribution in [0.3, 0.4) is 0 Å². The highest BCUT2D eigenvalue weighted by molar-refractivity contribution is 5.83. The van der Waals surface area contributed by atoms with Crippen LogP contribution in [0.25, 0.3) is 0 Å². The highest BCUT2D eigenvalue weighted by Gasteiger charge is 2.36. The Labute approximate surface area is 154 Å². The molecule has 0 radical (unpaired) electrons. The lowest BCUT2D eigenvalue weighted by molar-refractivity contribution is -0.136. The van der Waals surface area contributed by atoms with Crippen molar-refractivity contribution in [2.24, 2.45) is 11.8 Å². The standard InChI is InChI=1S/C20H29N3O3/c1-14(2)8-9-21-18(24)6-7-19(25)22-11-15-10-16(13-22)17-4-3-5-20(26)23(17)12-15/h3-5,14-16H,6-13H2,1-2H3,(H,21,24)/t15-,16+/m1/s1. The molecule has 2 atom stereocenters. The molecule has 2 amide bonds. The molecule has 6 heteroatoms. The van der Waals surface area contributed by atoms with Gasteiger partial charge in [-0.25, -0.2) is 0 Å². The summed E-state index contributed by atoms with van der Waals surface area (Å²) in [5, 5.41) is 2.88. The summed E-state index contributed by atoms with van der Waals surface area (Å²) in [5.41, 5.74) is 1.09. The molecule has 1 aromatic heterocycles. The van der Waals surface area contributed by atoms with Gasteiger partial charge in [0.15, 0.2) is 0 Å². The molecule has 26 heavy (non-hydrogen) atoms. The third-order valence-corrected chi connectivity index (χ3v) is 5.44. The van der Waals surface area contributed by atoms with Gasteiger partial charge in [0.05, 0.1) is 0 Å². The topological polar surface area (TPSA) is 71.4 Å². The highest BCUT2D eigenvalue weighted by atomic mass is 16.2. The summed E-state index contributed by atoms with van der Waals surface area (Å²) >= 11 is 0. The summed E-state index contributed by atoms with van der Waals surface area (Å²) in [7, 11) is 0. The van der Waals surface area contributed by atoms with Crippen LogP contribution in [0.5, 0.6) is 0 Å². The van der Waals surface area contributed by atoms with E-state index < -0.39 is 0 Å². The van der Waals surface area contributed by atoms with Crippen LogP contribution in [-0.4, -0.2) is 40.9 Å². The zero-order chi connectivity index (χ0) is 18.7. The number of nitrogens with zero attached hydrogens (tertiary/aromatic N) is 2. The number of likely N-dealkylation sites (tertiary alicyclic amines) is 1. The van der Waals surface area contributed by atoms with E-state index >= 15 is 0 Å². The summed E-state index contributed by atoms with van der Waals surface area (Å²) < 4.78 is 1.86. The van der Waals surface area contributed by atoms with Crippen molar-refractivity contribution in [3.05, 3.63) is 34.2 Å². The second-order valence-corrected chi connectivity index (χ2v) is 8.03. The molecule has 6 nitrogen and oxygen atoms in total. The zero-order valence-electron chi connectivity index (χ0n) is 15.7. The minimum Gasteiger partial charge on any atom is -0.356 e. The van der Waals surface area contributed by atoms with Gasteiger partial charge < -0.3 is 14.8 Å². The fourth-order valence-electron chi connectivity index (χ4n) is 4.07. The van der Waals surface area contributed by atoms with Crippen LogP contribution >= 0.6 is 0 Å². The molecule has 1 N–H and O–H groups in total. The van der Waals surface area contributed by atoms with Gasteiger partial charge in [-0.3, -0.25) is 14.4 Å². The fraction of sp³-hybridized carbons (Fsp3) is 0.650. The first-order valence-electron chi connectivity index (χ1n) is 9.68. The number of pyridine rings is 1. The van der Waals surface area contributed by atoms with Crippen molar-refractivity contribution in [1.82, 2.24) is 14.8 Å². The maximum Gasteiger partial charge on any atom is 0.250 e. The van der Waals surface area contributed by atoms with Crippen LogP contribution in [0, 0.1) is 11.8 Å². The highest BCUT2D eigenvalue weighted by Crippen LogP contribution is 2.35. The number of hydrogen-bond donors (Lipinski definition) is 1. The van der Waals surface area contributed by atoms with E-state index in [0.29, 0.717) is 38.0 Å². The van der Waals surface area contributed by atoms with Gasteiger partial charge in [-0.1, -0.05) is 19.9 Å². The summed E-state index contributed by atoms with van der Waals surface area (Å²) in [4.78, 5) is 38.4. The van der Waals surface area contributed by atoms with Gasteiger partial charge in [0.1, 0.15) is 0 Å². The second-order valence-electron chi connectivity index (χ2n) is 8.03. The molecule has 0 aromatic carbocycles. The lowest BCUT2D eigenvalue weighted by Gasteiger charge is -2.42. The van der Waals surface area contributed by atoms with Crippen LogP contribution in [0.1, 0.15) is 51.1 Å². The molecule has 1 aromatic rings. The average Bonchev–Trinajstić information content (AvgIpc) is 2.60. The van der Waals surface area contributed by atoms with E-state index in [2.05, 4.69) is 19.2 Å². The van der Waals surface area contributed by atoms with E-state index in [4.69, 9.17) is 0 Å². The minimum atomic E-state index is -0.0481. The van der Waals surface area contributed by atoms with Gasteiger partial charge >= 0.3 is 0 Å². The van der Waals surface area contributed by atoms with E-state index in [1.165, 1.54) is 0 Å². The first-order valence-corrected chi connectivity index (χ1v) is 9.68. The molecule has 3 rings (SSSR count). The van der Waals surface area contributed by atoms with Crippen LogP contribution in [0.4, 0.5) is 0 Å². The molecule has 0 saturated carbocycles. The Bertz CT molecular complexity index is 725. The lowest BCUT2D eigenvalue weighted by Crippen LogP contribution is -2.49. The monoisotopic (exact) mass is 359 g/mol. The number of aromatic nitrogens is 1.